The van der Waals surface area contributed by atoms with E-state index in [4.69, 9.17) is 5.73 Å². The summed E-state index contributed by atoms with van der Waals surface area (Å²) in [4.78, 5) is 5.16. The number of nitrogens with one attached hydrogen (secondary N) is 1. The standard InChI is InChI=1S/C22H22N6/c1-15-5-7-16(8-6-15)11-17(12-23)20-18(13-24)21(26)27-22(19(20)14-25)28-9-3-2-4-10-28/h5-8,17H,2-4,9-11H2,1H3,(H2,26,27)/p+1/t17-/m1/s1. The minimum absolute atomic E-state index is 0.191. The van der Waals surface area contributed by atoms with Crippen LogP contribution in [0.4, 0.5) is 11.6 Å². The topological polar surface area (TPSA) is 115 Å². The van der Waals surface area contributed by atoms with E-state index in [2.05, 4.69) is 28.1 Å². The summed E-state index contributed by atoms with van der Waals surface area (Å²) in [5.41, 5.74) is 9.24. The SMILES string of the molecule is Cc1ccc(C[C@H](C#N)c2c(C#N)c(N)[nH+]c(N3CCCCC3)c2C#N)cc1. The van der Waals surface area contributed by atoms with E-state index >= 15 is 0 Å². The monoisotopic (exact) mass is 371 g/mol. The van der Waals surface area contributed by atoms with Crippen LogP contribution in [0.25, 0.3) is 0 Å². The van der Waals surface area contributed by atoms with Crippen LogP contribution in [0.5, 0.6) is 0 Å². The lowest BCUT2D eigenvalue weighted by Gasteiger charge is -2.25. The van der Waals surface area contributed by atoms with E-state index < -0.39 is 5.92 Å². The number of aryl methyl sites for hydroxylation is 1. The number of nitrogens with two attached hydrogens (primary N) is 1. The minimum atomic E-state index is -0.632. The molecule has 3 N–H and O–H groups in total. The smallest absolute Gasteiger partial charge is 0.240 e. The van der Waals surface area contributed by atoms with Gasteiger partial charge in [-0.1, -0.05) is 29.8 Å². The molecule has 1 atom stereocenters. The largest absolute Gasteiger partial charge is 0.318 e. The van der Waals surface area contributed by atoms with Crippen LogP contribution in [0, 0.1) is 40.9 Å². The molecule has 1 aromatic carbocycles. The Bertz CT molecular complexity index is 982. The first-order valence-electron chi connectivity index (χ1n) is 9.48. The molecule has 140 valence electrons. The van der Waals surface area contributed by atoms with Gasteiger partial charge in [0.05, 0.1) is 25.1 Å². The summed E-state index contributed by atoms with van der Waals surface area (Å²) in [5, 5.41) is 29.5. The molecule has 2 heterocycles. The highest BCUT2D eigenvalue weighted by atomic mass is 15.2. The van der Waals surface area contributed by atoms with Gasteiger partial charge in [0.15, 0.2) is 0 Å². The molecule has 3 rings (SSSR count). The molecule has 1 aliphatic rings. The highest BCUT2D eigenvalue weighted by Gasteiger charge is 2.31. The average Bonchev–Trinajstić information content (AvgIpc) is 2.73. The fraction of sp³-hybridized carbons (Fsp3) is 0.364. The summed E-state index contributed by atoms with van der Waals surface area (Å²) >= 11 is 0. The first kappa shape index (κ1) is 19.2. The highest BCUT2D eigenvalue weighted by molar-refractivity contribution is 5.66. The summed E-state index contributed by atoms with van der Waals surface area (Å²) in [6, 6.07) is 14.6. The molecule has 6 nitrogen and oxygen atoms in total. The molecule has 0 spiro atoms. The van der Waals surface area contributed by atoms with Gasteiger partial charge in [-0.3, -0.25) is 4.90 Å². The van der Waals surface area contributed by atoms with Crippen molar-refractivity contribution in [2.75, 3.05) is 23.7 Å². The molecule has 0 radical (unpaired) electrons. The highest BCUT2D eigenvalue weighted by Crippen LogP contribution is 2.33. The number of rotatable bonds is 4. The van der Waals surface area contributed by atoms with Gasteiger partial charge >= 0.3 is 0 Å². The second-order valence-corrected chi connectivity index (χ2v) is 7.19. The summed E-state index contributed by atoms with van der Waals surface area (Å²) in [7, 11) is 0. The number of hydrogen-bond donors (Lipinski definition) is 1. The number of H-pyrrole nitrogens is 1. The lowest BCUT2D eigenvalue weighted by atomic mass is 9.87. The maximum Gasteiger partial charge on any atom is 0.240 e. The summed E-state index contributed by atoms with van der Waals surface area (Å²) in [6.07, 6.45) is 3.66. The number of anilines is 2. The number of nitrogens with zero attached hydrogens (tertiary/aromatic N) is 4. The number of aromatic nitrogens is 1. The Kier molecular flexibility index (Phi) is 5.78. The third-order valence-electron chi connectivity index (χ3n) is 5.26. The maximum atomic E-state index is 9.93. The second-order valence-electron chi connectivity index (χ2n) is 7.19. The van der Waals surface area contributed by atoms with Crippen LogP contribution in [0.15, 0.2) is 24.3 Å². The van der Waals surface area contributed by atoms with Gasteiger partial charge in [0, 0.05) is 5.56 Å². The summed E-state index contributed by atoms with van der Waals surface area (Å²) < 4.78 is 0. The predicted octanol–water partition coefficient (Wildman–Crippen LogP) is 2.97. The first-order valence-corrected chi connectivity index (χ1v) is 9.48. The van der Waals surface area contributed by atoms with Crippen LogP contribution in [-0.4, -0.2) is 13.1 Å². The Labute approximate surface area is 165 Å². The van der Waals surface area contributed by atoms with Crippen molar-refractivity contribution in [3.63, 3.8) is 0 Å². The number of aromatic amines is 1. The number of piperidine rings is 1. The van der Waals surface area contributed by atoms with Crippen molar-refractivity contribution in [1.29, 1.82) is 15.8 Å². The van der Waals surface area contributed by atoms with Crippen molar-refractivity contribution in [2.24, 2.45) is 0 Å². The van der Waals surface area contributed by atoms with Gasteiger partial charge in [0.1, 0.15) is 23.3 Å². The summed E-state index contributed by atoms with van der Waals surface area (Å²) in [5.74, 6) is 0.200. The first-order chi connectivity index (χ1) is 13.6. The van der Waals surface area contributed by atoms with Gasteiger partial charge in [-0.25, -0.2) is 4.98 Å². The summed E-state index contributed by atoms with van der Waals surface area (Å²) in [6.45, 7) is 3.65. The molecule has 2 aromatic rings. The van der Waals surface area contributed by atoms with Gasteiger partial charge in [-0.05, 0) is 38.2 Å². The molecular weight excluding hydrogens is 348 g/mol. The van der Waals surface area contributed by atoms with Crippen LogP contribution in [0.2, 0.25) is 0 Å². The van der Waals surface area contributed by atoms with Crippen molar-refractivity contribution in [3.8, 4) is 18.2 Å². The van der Waals surface area contributed by atoms with E-state index in [1.54, 1.807) is 0 Å². The van der Waals surface area contributed by atoms with Gasteiger partial charge in [-0.15, -0.1) is 0 Å². The Hall–Kier alpha value is -3.56. The molecule has 1 aromatic heterocycles. The molecule has 0 amide bonds. The minimum Gasteiger partial charge on any atom is -0.318 e. The second kappa shape index (κ2) is 8.42. The Morgan fingerprint density at radius 2 is 1.68 bits per heavy atom. The Balaban J connectivity index is 2.12. The third kappa shape index (κ3) is 3.75. The quantitative estimate of drug-likeness (QED) is 0.887. The molecule has 28 heavy (non-hydrogen) atoms. The molecule has 0 bridgehead atoms. The predicted molar refractivity (Wildman–Crippen MR) is 106 cm³/mol. The van der Waals surface area contributed by atoms with Crippen molar-refractivity contribution in [2.45, 2.75) is 38.5 Å². The molecular formula is C22H23N6+. The number of nitriles is 3. The van der Waals surface area contributed by atoms with Crippen LogP contribution in [0.3, 0.4) is 0 Å². The van der Waals surface area contributed by atoms with Crippen LogP contribution >= 0.6 is 0 Å². The van der Waals surface area contributed by atoms with E-state index in [0.717, 1.165) is 43.5 Å². The van der Waals surface area contributed by atoms with Crippen molar-refractivity contribution < 1.29 is 4.98 Å². The van der Waals surface area contributed by atoms with E-state index in [1.165, 1.54) is 0 Å². The zero-order chi connectivity index (χ0) is 20.1. The van der Waals surface area contributed by atoms with Crippen LogP contribution in [-0.2, 0) is 6.42 Å². The van der Waals surface area contributed by atoms with Crippen molar-refractivity contribution in [3.05, 3.63) is 52.1 Å². The number of benzene rings is 1. The van der Waals surface area contributed by atoms with Gasteiger partial charge in [0.25, 0.3) is 0 Å². The fourth-order valence-corrected chi connectivity index (χ4v) is 3.76. The van der Waals surface area contributed by atoms with E-state index in [9.17, 15) is 15.8 Å². The van der Waals surface area contributed by atoms with E-state index in [-0.39, 0.29) is 11.4 Å². The molecule has 0 saturated carbocycles. The van der Waals surface area contributed by atoms with Gasteiger partial charge in [-0.2, -0.15) is 15.8 Å². The average molecular weight is 371 g/mol. The maximum absolute atomic E-state index is 9.93. The van der Waals surface area contributed by atoms with Crippen molar-refractivity contribution in [1.82, 2.24) is 0 Å². The fourth-order valence-electron chi connectivity index (χ4n) is 3.76. The number of nitrogen functional groups attached to an aromatic ring is 1. The van der Waals surface area contributed by atoms with E-state index in [1.807, 2.05) is 31.2 Å². The molecule has 1 aliphatic heterocycles. The Morgan fingerprint density at radius 1 is 1.04 bits per heavy atom. The molecule has 0 unspecified atom stereocenters. The lowest BCUT2D eigenvalue weighted by molar-refractivity contribution is -0.347. The van der Waals surface area contributed by atoms with Gasteiger partial charge < -0.3 is 5.73 Å². The zero-order valence-electron chi connectivity index (χ0n) is 16.0. The molecule has 1 saturated heterocycles. The lowest BCUT2D eigenvalue weighted by Crippen LogP contribution is -2.36. The van der Waals surface area contributed by atoms with E-state index in [0.29, 0.717) is 23.4 Å². The van der Waals surface area contributed by atoms with Crippen LogP contribution < -0.4 is 15.6 Å². The normalized spacial score (nSPS) is 14.6. The Morgan fingerprint density at radius 3 is 2.25 bits per heavy atom. The zero-order valence-corrected chi connectivity index (χ0v) is 16.0. The van der Waals surface area contributed by atoms with Gasteiger partial charge in [0.2, 0.25) is 11.6 Å². The number of hydrogen-bond acceptors (Lipinski definition) is 5. The molecule has 0 aliphatic carbocycles. The third-order valence-corrected chi connectivity index (χ3v) is 5.26. The number of pyridine rings is 1. The molecule has 6 heteroatoms. The van der Waals surface area contributed by atoms with Crippen LogP contribution in [0.1, 0.15) is 53.0 Å². The van der Waals surface area contributed by atoms with Crippen molar-refractivity contribution >= 4 is 11.6 Å². The molecule has 1 fully saturated rings.